The molecule has 0 bridgehead atoms. The zero-order valence-corrected chi connectivity index (χ0v) is 12.7. The molecule has 2 N–H and O–H groups in total. The van der Waals surface area contributed by atoms with Gasteiger partial charge in [-0.05, 0) is 47.2 Å². The molecule has 0 aliphatic carbocycles. The van der Waals surface area contributed by atoms with Gasteiger partial charge in [0.1, 0.15) is 5.25 Å². The Balaban J connectivity index is 2.36. The summed E-state index contributed by atoms with van der Waals surface area (Å²) in [6.45, 7) is 2.05. The summed E-state index contributed by atoms with van der Waals surface area (Å²) in [4.78, 5) is 13.4. The molecule has 7 heteroatoms. The van der Waals surface area contributed by atoms with Crippen LogP contribution >= 0.6 is 22.6 Å². The highest BCUT2D eigenvalue weighted by molar-refractivity contribution is 14.1. The number of primary sulfonamides is 1. The van der Waals surface area contributed by atoms with Crippen molar-refractivity contribution < 1.29 is 13.2 Å². The number of nitrogens with two attached hydrogens (primary N) is 1. The van der Waals surface area contributed by atoms with E-state index in [1.807, 2.05) is 25.1 Å². The smallest absolute Gasteiger partial charge is 0.228 e. The fraction of sp³-hybridized carbons (Fsp3) is 0.364. The molecule has 2 rings (SSSR count). The van der Waals surface area contributed by atoms with Crippen molar-refractivity contribution >= 4 is 44.2 Å². The molecule has 1 aromatic rings. The lowest BCUT2D eigenvalue weighted by molar-refractivity contribution is -0.117. The number of carbonyl (C=O) groups is 1. The Kier molecular flexibility index (Phi) is 3.65. The second kappa shape index (κ2) is 4.78. The molecule has 1 aromatic carbocycles. The number of sulfonamides is 1. The Hall–Kier alpha value is -0.670. The maximum atomic E-state index is 11.9. The van der Waals surface area contributed by atoms with Gasteiger partial charge in [0.15, 0.2) is 0 Å². The third kappa shape index (κ3) is 2.52. The number of nitrogens with zero attached hydrogens (tertiary/aromatic N) is 1. The quantitative estimate of drug-likeness (QED) is 0.778. The Morgan fingerprint density at radius 3 is 2.67 bits per heavy atom. The zero-order chi connectivity index (χ0) is 13.5. The predicted molar refractivity (Wildman–Crippen MR) is 77.8 cm³/mol. The van der Waals surface area contributed by atoms with Gasteiger partial charge in [-0.3, -0.25) is 4.79 Å². The lowest BCUT2D eigenvalue weighted by Crippen LogP contribution is -2.32. The molecule has 1 atom stereocenters. The first-order valence-electron chi connectivity index (χ1n) is 5.38. The number of benzene rings is 1. The molecule has 1 unspecified atom stereocenters. The normalized spacial score (nSPS) is 20.5. The second-order valence-corrected chi connectivity index (χ2v) is 7.31. The van der Waals surface area contributed by atoms with Gasteiger partial charge in [-0.1, -0.05) is 6.07 Å². The van der Waals surface area contributed by atoms with E-state index >= 15 is 0 Å². The van der Waals surface area contributed by atoms with Crippen LogP contribution in [0.25, 0.3) is 0 Å². The van der Waals surface area contributed by atoms with Crippen molar-refractivity contribution in [3.63, 3.8) is 0 Å². The van der Waals surface area contributed by atoms with Crippen molar-refractivity contribution in [1.82, 2.24) is 0 Å². The van der Waals surface area contributed by atoms with Gasteiger partial charge < -0.3 is 4.90 Å². The first-order chi connectivity index (χ1) is 8.30. The first kappa shape index (κ1) is 13.8. The van der Waals surface area contributed by atoms with Crippen molar-refractivity contribution in [3.8, 4) is 0 Å². The molecule has 1 aliphatic rings. The minimum absolute atomic E-state index is 0.0379. The van der Waals surface area contributed by atoms with Gasteiger partial charge in [0, 0.05) is 22.2 Å². The first-order valence-corrected chi connectivity index (χ1v) is 8.06. The molecule has 0 radical (unpaired) electrons. The van der Waals surface area contributed by atoms with E-state index in [4.69, 9.17) is 5.14 Å². The number of hydrogen-bond donors (Lipinski definition) is 1. The zero-order valence-electron chi connectivity index (χ0n) is 9.76. The van der Waals surface area contributed by atoms with Gasteiger partial charge in [0.05, 0.1) is 0 Å². The molecule has 1 amide bonds. The van der Waals surface area contributed by atoms with Gasteiger partial charge in [0.2, 0.25) is 15.9 Å². The van der Waals surface area contributed by atoms with Gasteiger partial charge in [-0.25, -0.2) is 13.6 Å². The Labute approximate surface area is 120 Å². The number of anilines is 1. The van der Waals surface area contributed by atoms with E-state index in [1.54, 1.807) is 0 Å². The van der Waals surface area contributed by atoms with Crippen molar-refractivity contribution in [2.24, 2.45) is 5.14 Å². The lowest BCUT2D eigenvalue weighted by atomic mass is 10.2. The molecule has 1 heterocycles. The number of amides is 1. The average Bonchev–Trinajstić information content (AvgIpc) is 2.64. The fourth-order valence-electron chi connectivity index (χ4n) is 2.02. The van der Waals surface area contributed by atoms with E-state index < -0.39 is 15.3 Å². The molecule has 0 aromatic heterocycles. The van der Waals surface area contributed by atoms with E-state index in [9.17, 15) is 13.2 Å². The Bertz CT molecular complexity index is 600. The molecule has 5 nitrogen and oxygen atoms in total. The largest absolute Gasteiger partial charge is 0.311 e. The monoisotopic (exact) mass is 380 g/mol. The van der Waals surface area contributed by atoms with Gasteiger partial charge >= 0.3 is 0 Å². The minimum Gasteiger partial charge on any atom is -0.311 e. The summed E-state index contributed by atoms with van der Waals surface area (Å²) < 4.78 is 23.6. The summed E-state index contributed by atoms with van der Waals surface area (Å²) in [6, 6.07) is 5.61. The van der Waals surface area contributed by atoms with Crippen LogP contribution in [0.1, 0.15) is 12.0 Å². The van der Waals surface area contributed by atoms with Crippen LogP contribution in [0.2, 0.25) is 0 Å². The van der Waals surface area contributed by atoms with Crippen LogP contribution in [0.15, 0.2) is 18.2 Å². The van der Waals surface area contributed by atoms with Crippen LogP contribution in [0, 0.1) is 10.5 Å². The van der Waals surface area contributed by atoms with E-state index in [0.717, 1.165) is 14.8 Å². The molecule has 18 heavy (non-hydrogen) atoms. The predicted octanol–water partition coefficient (Wildman–Crippen LogP) is 0.993. The summed E-state index contributed by atoms with van der Waals surface area (Å²) in [5.41, 5.74) is 1.74. The van der Waals surface area contributed by atoms with Crippen molar-refractivity contribution in [2.45, 2.75) is 18.6 Å². The van der Waals surface area contributed by atoms with E-state index in [1.165, 1.54) is 4.90 Å². The second-order valence-electron chi connectivity index (χ2n) is 4.30. The van der Waals surface area contributed by atoms with E-state index in [0.29, 0.717) is 0 Å². The maximum absolute atomic E-state index is 11.9. The molecular formula is C11H13IN2O3S. The highest BCUT2D eigenvalue weighted by Gasteiger charge is 2.37. The molecule has 1 fully saturated rings. The van der Waals surface area contributed by atoms with Crippen LogP contribution in [-0.4, -0.2) is 26.1 Å². The van der Waals surface area contributed by atoms with Crippen molar-refractivity contribution in [1.29, 1.82) is 0 Å². The molecule has 1 saturated heterocycles. The third-order valence-corrected chi connectivity index (χ3v) is 5.50. The third-order valence-electron chi connectivity index (χ3n) is 3.08. The maximum Gasteiger partial charge on any atom is 0.228 e. The highest BCUT2D eigenvalue weighted by Crippen LogP contribution is 2.29. The number of halogens is 1. The van der Waals surface area contributed by atoms with Crippen LogP contribution in [-0.2, 0) is 14.8 Å². The minimum atomic E-state index is -3.66. The van der Waals surface area contributed by atoms with Gasteiger partial charge in [-0.15, -0.1) is 0 Å². The fourth-order valence-corrected chi connectivity index (χ4v) is 3.23. The standard InChI is InChI=1S/C11H13IN2O3S/c1-7-9(12)3-2-4-10(7)14-6-8(5-11(14)15)18(13,16)17/h2-4,8H,5-6H2,1H3,(H2,13,16,17). The topological polar surface area (TPSA) is 80.5 Å². The highest BCUT2D eigenvalue weighted by atomic mass is 127. The summed E-state index contributed by atoms with van der Waals surface area (Å²) >= 11 is 2.18. The summed E-state index contributed by atoms with van der Waals surface area (Å²) in [5.74, 6) is -0.195. The number of carbonyl (C=O) groups excluding carboxylic acids is 1. The van der Waals surface area contributed by atoms with Gasteiger partial charge in [-0.2, -0.15) is 0 Å². The average molecular weight is 380 g/mol. The van der Waals surface area contributed by atoms with Crippen LogP contribution in [0.5, 0.6) is 0 Å². The number of rotatable bonds is 2. The Morgan fingerprint density at radius 1 is 1.44 bits per heavy atom. The molecule has 98 valence electrons. The van der Waals surface area contributed by atoms with Crippen LogP contribution < -0.4 is 10.0 Å². The van der Waals surface area contributed by atoms with Crippen molar-refractivity contribution in [3.05, 3.63) is 27.3 Å². The van der Waals surface area contributed by atoms with E-state index in [2.05, 4.69) is 22.6 Å². The lowest BCUT2D eigenvalue weighted by Gasteiger charge is -2.19. The van der Waals surface area contributed by atoms with E-state index in [-0.39, 0.29) is 18.9 Å². The molecule has 0 spiro atoms. The summed E-state index contributed by atoms with van der Waals surface area (Å²) in [7, 11) is -3.66. The molecular weight excluding hydrogens is 367 g/mol. The van der Waals surface area contributed by atoms with Crippen LogP contribution in [0.4, 0.5) is 5.69 Å². The molecule has 0 saturated carbocycles. The summed E-state index contributed by atoms with van der Waals surface area (Å²) in [6.07, 6.45) is -0.0379. The number of hydrogen-bond acceptors (Lipinski definition) is 3. The SMILES string of the molecule is Cc1c(I)cccc1N1CC(S(N)(=O)=O)CC1=O. The van der Waals surface area contributed by atoms with Crippen LogP contribution in [0.3, 0.4) is 0 Å². The summed E-state index contributed by atoms with van der Waals surface area (Å²) in [5, 5.41) is 4.30. The Morgan fingerprint density at radius 2 is 2.11 bits per heavy atom. The molecule has 1 aliphatic heterocycles. The van der Waals surface area contributed by atoms with Gasteiger partial charge in [0.25, 0.3) is 0 Å². The van der Waals surface area contributed by atoms with Crippen molar-refractivity contribution in [2.75, 3.05) is 11.4 Å².